The molecule has 7 heteroatoms. The first kappa shape index (κ1) is 22.0. The zero-order valence-electron chi connectivity index (χ0n) is 18.9. The van der Waals surface area contributed by atoms with Crippen LogP contribution < -0.4 is 5.32 Å². The molecule has 0 radical (unpaired) electrons. The van der Waals surface area contributed by atoms with E-state index in [1.54, 1.807) is 0 Å². The smallest absolute Gasteiger partial charge is 0.194 e. The van der Waals surface area contributed by atoms with Crippen molar-refractivity contribution in [2.24, 2.45) is 4.99 Å². The van der Waals surface area contributed by atoms with Crippen molar-refractivity contribution in [3.8, 4) is 11.3 Å². The van der Waals surface area contributed by atoms with E-state index in [0.717, 1.165) is 62.4 Å². The number of aromatic amines is 1. The van der Waals surface area contributed by atoms with Gasteiger partial charge in [-0.3, -0.25) is 9.89 Å². The Hall–Kier alpha value is -3.16. The lowest BCUT2D eigenvalue weighted by Crippen LogP contribution is -2.38. The number of guanidine groups is 1. The number of imidazole rings is 1. The van der Waals surface area contributed by atoms with E-state index in [1.165, 1.54) is 11.1 Å². The molecule has 1 aliphatic heterocycles. The van der Waals surface area contributed by atoms with Crippen LogP contribution in [-0.2, 0) is 24.4 Å². The molecule has 4 rings (SSSR count). The molecule has 0 aliphatic carbocycles. The van der Waals surface area contributed by atoms with E-state index in [2.05, 4.69) is 66.5 Å². The summed E-state index contributed by atoms with van der Waals surface area (Å²) in [4.78, 5) is 16.9. The van der Waals surface area contributed by atoms with Gasteiger partial charge in [-0.15, -0.1) is 0 Å². The normalized spacial score (nSPS) is 15.0. The van der Waals surface area contributed by atoms with Crippen LogP contribution in [0.1, 0.15) is 17.0 Å². The van der Waals surface area contributed by atoms with Gasteiger partial charge >= 0.3 is 0 Å². The highest BCUT2D eigenvalue weighted by molar-refractivity contribution is 5.79. The molecule has 32 heavy (non-hydrogen) atoms. The van der Waals surface area contributed by atoms with Gasteiger partial charge in [0.1, 0.15) is 5.82 Å². The average molecular weight is 433 g/mol. The molecule has 7 nitrogen and oxygen atoms in total. The first-order chi connectivity index (χ1) is 15.7. The van der Waals surface area contributed by atoms with Crippen molar-refractivity contribution in [2.75, 3.05) is 40.4 Å². The Morgan fingerprint density at radius 1 is 1.12 bits per heavy atom. The van der Waals surface area contributed by atoms with Crippen LogP contribution in [-0.4, -0.2) is 66.1 Å². The maximum atomic E-state index is 5.45. The number of hydrogen-bond donors (Lipinski definition) is 2. The van der Waals surface area contributed by atoms with E-state index in [1.807, 2.05) is 38.5 Å². The molecule has 1 saturated heterocycles. The summed E-state index contributed by atoms with van der Waals surface area (Å²) in [7, 11) is 3.83. The van der Waals surface area contributed by atoms with E-state index < -0.39 is 0 Å². The topological polar surface area (TPSA) is 68.8 Å². The van der Waals surface area contributed by atoms with E-state index >= 15 is 0 Å². The van der Waals surface area contributed by atoms with E-state index in [9.17, 15) is 0 Å². The molecule has 0 bridgehead atoms. The fourth-order valence-electron chi connectivity index (χ4n) is 3.93. The van der Waals surface area contributed by atoms with Gasteiger partial charge in [0, 0.05) is 40.3 Å². The number of aliphatic imine (C=N–C) groups is 1. The number of nitrogens with zero attached hydrogens (tertiary/aromatic N) is 4. The van der Waals surface area contributed by atoms with Gasteiger partial charge in [0.05, 0.1) is 31.6 Å². The molecule has 0 saturated carbocycles. The highest BCUT2D eigenvalue weighted by atomic mass is 16.5. The fraction of sp³-hybridized carbons (Fsp3) is 0.360. The standard InChI is InChI=1S/C25H32N6O/c1-26-25(30(2)19-24-27-17-23(29-24)22-9-4-3-5-10-22)28-16-20-7-6-8-21(15-20)18-31-11-13-32-14-12-31/h3-10,15,17H,11-14,16,18-19H2,1-2H3,(H,26,28)(H,27,29). The van der Waals surface area contributed by atoms with Crippen molar-refractivity contribution >= 4 is 5.96 Å². The summed E-state index contributed by atoms with van der Waals surface area (Å²) in [6.07, 6.45) is 1.88. The second-order valence-electron chi connectivity index (χ2n) is 8.07. The van der Waals surface area contributed by atoms with Crippen LogP contribution in [0, 0.1) is 0 Å². The molecule has 0 amide bonds. The molecule has 1 fully saturated rings. The minimum Gasteiger partial charge on any atom is -0.379 e. The van der Waals surface area contributed by atoms with Crippen LogP contribution in [0.25, 0.3) is 11.3 Å². The highest BCUT2D eigenvalue weighted by Crippen LogP contribution is 2.16. The van der Waals surface area contributed by atoms with Crippen molar-refractivity contribution in [1.82, 2.24) is 25.1 Å². The van der Waals surface area contributed by atoms with Crippen molar-refractivity contribution in [1.29, 1.82) is 0 Å². The average Bonchev–Trinajstić information content (AvgIpc) is 3.29. The fourth-order valence-corrected chi connectivity index (χ4v) is 3.93. The van der Waals surface area contributed by atoms with Crippen molar-refractivity contribution < 1.29 is 4.74 Å². The zero-order valence-corrected chi connectivity index (χ0v) is 18.9. The maximum absolute atomic E-state index is 5.45. The zero-order chi connectivity index (χ0) is 22.2. The molecule has 1 aliphatic rings. The number of benzene rings is 2. The number of ether oxygens (including phenoxy) is 1. The largest absolute Gasteiger partial charge is 0.379 e. The summed E-state index contributed by atoms with van der Waals surface area (Å²) in [5, 5.41) is 3.48. The second kappa shape index (κ2) is 10.9. The maximum Gasteiger partial charge on any atom is 0.194 e. The third kappa shape index (κ3) is 5.96. The summed E-state index contributed by atoms with van der Waals surface area (Å²) in [6, 6.07) is 19.0. The molecular weight excluding hydrogens is 400 g/mol. The Balaban J connectivity index is 1.31. The molecule has 0 atom stereocenters. The molecule has 2 heterocycles. The quantitative estimate of drug-likeness (QED) is 0.444. The molecular formula is C25H32N6O. The number of rotatable bonds is 7. The SMILES string of the molecule is CN=C(NCc1cccc(CN2CCOCC2)c1)N(C)Cc1ncc(-c2ccccc2)[nH]1. The number of nitrogens with one attached hydrogen (secondary N) is 2. The molecule has 2 aromatic carbocycles. The molecule has 2 N–H and O–H groups in total. The Kier molecular flexibility index (Phi) is 7.53. The Morgan fingerprint density at radius 3 is 2.69 bits per heavy atom. The molecule has 168 valence electrons. The minimum absolute atomic E-state index is 0.642. The van der Waals surface area contributed by atoms with Crippen LogP contribution in [0.15, 0.2) is 65.8 Å². The van der Waals surface area contributed by atoms with Crippen LogP contribution >= 0.6 is 0 Å². The number of aromatic nitrogens is 2. The summed E-state index contributed by atoms with van der Waals surface area (Å²) in [5.74, 6) is 1.74. The lowest BCUT2D eigenvalue weighted by atomic mass is 10.1. The van der Waals surface area contributed by atoms with Gasteiger partial charge in [-0.2, -0.15) is 0 Å². The minimum atomic E-state index is 0.642. The first-order valence-corrected chi connectivity index (χ1v) is 11.1. The summed E-state index contributed by atoms with van der Waals surface area (Å²) >= 11 is 0. The van der Waals surface area contributed by atoms with Gasteiger partial charge < -0.3 is 19.9 Å². The summed E-state index contributed by atoms with van der Waals surface area (Å²) in [5.41, 5.74) is 4.73. The molecule has 1 aromatic heterocycles. The van der Waals surface area contributed by atoms with Crippen LogP contribution in [0.3, 0.4) is 0 Å². The molecule has 3 aromatic rings. The van der Waals surface area contributed by atoms with E-state index in [0.29, 0.717) is 6.54 Å². The third-order valence-electron chi connectivity index (χ3n) is 5.63. The Bertz CT molecular complexity index is 1010. The lowest BCUT2D eigenvalue weighted by molar-refractivity contribution is 0.0342. The van der Waals surface area contributed by atoms with E-state index in [-0.39, 0.29) is 0 Å². The van der Waals surface area contributed by atoms with Gasteiger partial charge in [-0.1, -0.05) is 54.6 Å². The second-order valence-corrected chi connectivity index (χ2v) is 8.07. The van der Waals surface area contributed by atoms with Crippen molar-refractivity contribution in [3.63, 3.8) is 0 Å². The van der Waals surface area contributed by atoms with Crippen LogP contribution in [0.4, 0.5) is 0 Å². The molecule has 0 spiro atoms. The summed E-state index contributed by atoms with van der Waals surface area (Å²) < 4.78 is 5.45. The number of morpholine rings is 1. The van der Waals surface area contributed by atoms with Crippen LogP contribution in [0.5, 0.6) is 0 Å². The van der Waals surface area contributed by atoms with E-state index in [4.69, 9.17) is 4.74 Å². The predicted octanol–water partition coefficient (Wildman–Crippen LogP) is 3.12. The first-order valence-electron chi connectivity index (χ1n) is 11.1. The highest BCUT2D eigenvalue weighted by Gasteiger charge is 2.12. The van der Waals surface area contributed by atoms with Gasteiger partial charge in [-0.05, 0) is 16.7 Å². The predicted molar refractivity (Wildman–Crippen MR) is 128 cm³/mol. The Morgan fingerprint density at radius 2 is 1.91 bits per heavy atom. The summed E-state index contributed by atoms with van der Waals surface area (Å²) in [6.45, 7) is 5.98. The molecule has 0 unspecified atom stereocenters. The lowest BCUT2D eigenvalue weighted by Gasteiger charge is -2.26. The van der Waals surface area contributed by atoms with Gasteiger partial charge in [0.2, 0.25) is 0 Å². The van der Waals surface area contributed by atoms with Gasteiger partial charge in [0.15, 0.2) is 5.96 Å². The van der Waals surface area contributed by atoms with Crippen LogP contribution in [0.2, 0.25) is 0 Å². The van der Waals surface area contributed by atoms with Gasteiger partial charge in [-0.25, -0.2) is 4.98 Å². The number of hydrogen-bond acceptors (Lipinski definition) is 4. The number of H-pyrrole nitrogens is 1. The van der Waals surface area contributed by atoms with Gasteiger partial charge in [0.25, 0.3) is 0 Å². The van der Waals surface area contributed by atoms with Crippen molar-refractivity contribution in [3.05, 3.63) is 77.7 Å². The Labute approximate surface area is 190 Å². The third-order valence-corrected chi connectivity index (χ3v) is 5.63. The monoisotopic (exact) mass is 432 g/mol. The van der Waals surface area contributed by atoms with Crippen molar-refractivity contribution in [2.45, 2.75) is 19.6 Å².